The second kappa shape index (κ2) is 4.94. The SMILES string of the molecule is NS(=O)(=O)Cc1ccc(NC(=O)C(F)(F)F)cc1. The highest BCUT2D eigenvalue weighted by Crippen LogP contribution is 2.18. The van der Waals surface area contributed by atoms with Crippen LogP contribution in [-0.4, -0.2) is 20.5 Å². The summed E-state index contributed by atoms with van der Waals surface area (Å²) in [7, 11) is -3.70. The van der Waals surface area contributed by atoms with Gasteiger partial charge in [0.1, 0.15) is 0 Å². The molecule has 18 heavy (non-hydrogen) atoms. The number of nitrogens with two attached hydrogens (primary N) is 1. The van der Waals surface area contributed by atoms with Gasteiger partial charge in [0, 0.05) is 5.69 Å². The number of hydrogen-bond donors (Lipinski definition) is 2. The Hall–Kier alpha value is -1.61. The maximum atomic E-state index is 11.9. The van der Waals surface area contributed by atoms with Crippen molar-refractivity contribution in [3.63, 3.8) is 0 Å². The number of carbonyl (C=O) groups is 1. The molecule has 1 amide bonds. The molecule has 1 rings (SSSR count). The lowest BCUT2D eigenvalue weighted by molar-refractivity contribution is -0.167. The highest BCUT2D eigenvalue weighted by molar-refractivity contribution is 7.88. The molecule has 1 aromatic carbocycles. The van der Waals surface area contributed by atoms with E-state index in [4.69, 9.17) is 5.14 Å². The summed E-state index contributed by atoms with van der Waals surface area (Å²) in [6.45, 7) is 0. The number of benzene rings is 1. The summed E-state index contributed by atoms with van der Waals surface area (Å²) in [6, 6.07) is 4.83. The van der Waals surface area contributed by atoms with Gasteiger partial charge in [-0.1, -0.05) is 12.1 Å². The number of sulfonamides is 1. The van der Waals surface area contributed by atoms with E-state index in [0.717, 1.165) is 12.1 Å². The van der Waals surface area contributed by atoms with Gasteiger partial charge in [0.05, 0.1) is 5.75 Å². The predicted octanol–water partition coefficient (Wildman–Crippen LogP) is 0.976. The van der Waals surface area contributed by atoms with Crippen LogP contribution in [0.25, 0.3) is 0 Å². The summed E-state index contributed by atoms with van der Waals surface area (Å²) in [5.41, 5.74) is 0.220. The van der Waals surface area contributed by atoms with Crippen LogP contribution in [-0.2, 0) is 20.6 Å². The molecule has 0 aliphatic rings. The molecule has 0 radical (unpaired) electrons. The third-order valence-electron chi connectivity index (χ3n) is 1.84. The molecule has 0 unspecified atom stereocenters. The molecule has 0 aromatic heterocycles. The van der Waals surface area contributed by atoms with Crippen molar-refractivity contribution in [3.8, 4) is 0 Å². The van der Waals surface area contributed by atoms with E-state index < -0.39 is 27.9 Å². The lowest BCUT2D eigenvalue weighted by atomic mass is 10.2. The molecular formula is C9H9F3N2O3S. The van der Waals surface area contributed by atoms with Crippen molar-refractivity contribution in [2.45, 2.75) is 11.9 Å². The fourth-order valence-corrected chi connectivity index (χ4v) is 1.78. The zero-order chi connectivity index (χ0) is 14.0. The Bertz CT molecular complexity index is 537. The number of rotatable bonds is 3. The van der Waals surface area contributed by atoms with Crippen molar-refractivity contribution in [3.05, 3.63) is 29.8 Å². The maximum absolute atomic E-state index is 11.9. The molecule has 100 valence electrons. The van der Waals surface area contributed by atoms with Crippen molar-refractivity contribution >= 4 is 21.6 Å². The number of alkyl halides is 3. The van der Waals surface area contributed by atoms with Gasteiger partial charge in [-0.15, -0.1) is 0 Å². The van der Waals surface area contributed by atoms with Crippen molar-refractivity contribution in [2.75, 3.05) is 5.32 Å². The first-order valence-electron chi connectivity index (χ1n) is 4.55. The summed E-state index contributed by atoms with van der Waals surface area (Å²) in [4.78, 5) is 10.6. The van der Waals surface area contributed by atoms with Crippen molar-refractivity contribution in [2.24, 2.45) is 5.14 Å². The summed E-state index contributed by atoms with van der Waals surface area (Å²) >= 11 is 0. The first-order chi connectivity index (χ1) is 8.08. The molecule has 0 bridgehead atoms. The smallest absolute Gasteiger partial charge is 0.318 e. The van der Waals surface area contributed by atoms with E-state index in [1.807, 2.05) is 0 Å². The normalized spacial score (nSPS) is 12.2. The summed E-state index contributed by atoms with van der Waals surface area (Å²) in [6.07, 6.45) is -4.97. The summed E-state index contributed by atoms with van der Waals surface area (Å²) in [5, 5.41) is 6.42. The Morgan fingerprint density at radius 3 is 2.11 bits per heavy atom. The fraction of sp³-hybridized carbons (Fsp3) is 0.222. The van der Waals surface area contributed by atoms with Crippen LogP contribution in [0.15, 0.2) is 24.3 Å². The van der Waals surface area contributed by atoms with E-state index in [0.29, 0.717) is 5.56 Å². The number of carbonyl (C=O) groups excluding carboxylic acids is 1. The first kappa shape index (κ1) is 14.5. The molecule has 0 saturated heterocycles. The lowest BCUT2D eigenvalue weighted by Gasteiger charge is -2.08. The van der Waals surface area contributed by atoms with Gasteiger partial charge < -0.3 is 5.32 Å². The predicted molar refractivity (Wildman–Crippen MR) is 57.9 cm³/mol. The van der Waals surface area contributed by atoms with Gasteiger partial charge in [-0.3, -0.25) is 4.79 Å². The van der Waals surface area contributed by atoms with Gasteiger partial charge in [0.15, 0.2) is 0 Å². The van der Waals surface area contributed by atoms with Gasteiger partial charge in [0.25, 0.3) is 0 Å². The third kappa shape index (κ3) is 4.72. The van der Waals surface area contributed by atoms with Crippen molar-refractivity contribution in [1.82, 2.24) is 0 Å². The van der Waals surface area contributed by atoms with Crippen LogP contribution in [0.3, 0.4) is 0 Å². The Labute approximate surface area is 101 Å². The number of anilines is 1. The molecule has 0 spiro atoms. The van der Waals surface area contributed by atoms with Gasteiger partial charge in [-0.05, 0) is 17.7 Å². The standard InChI is InChI=1S/C9H9F3N2O3S/c10-9(11,12)8(15)14-7-3-1-6(2-4-7)5-18(13,16)17/h1-4H,5H2,(H,14,15)(H2,13,16,17). The molecule has 0 aliphatic heterocycles. The van der Waals surface area contributed by atoms with Gasteiger partial charge in [-0.2, -0.15) is 13.2 Å². The topological polar surface area (TPSA) is 89.3 Å². The number of halogens is 3. The Kier molecular flexibility index (Phi) is 3.97. The summed E-state index contributed by atoms with van der Waals surface area (Å²) in [5.74, 6) is -2.53. The minimum Gasteiger partial charge on any atom is -0.318 e. The second-order valence-electron chi connectivity index (χ2n) is 3.46. The van der Waals surface area contributed by atoms with Crippen LogP contribution in [0.4, 0.5) is 18.9 Å². The molecular weight excluding hydrogens is 273 g/mol. The molecule has 0 fully saturated rings. The summed E-state index contributed by atoms with van der Waals surface area (Å²) < 4.78 is 57.3. The van der Waals surface area contributed by atoms with Crippen LogP contribution in [0.2, 0.25) is 0 Å². The van der Waals surface area contributed by atoms with E-state index in [1.54, 1.807) is 5.32 Å². The number of nitrogens with one attached hydrogen (secondary N) is 1. The van der Waals surface area contributed by atoms with Crippen LogP contribution < -0.4 is 10.5 Å². The van der Waals surface area contributed by atoms with Crippen molar-refractivity contribution < 1.29 is 26.4 Å². The first-order valence-corrected chi connectivity index (χ1v) is 6.27. The number of hydrogen-bond acceptors (Lipinski definition) is 3. The minimum atomic E-state index is -4.97. The number of primary sulfonamides is 1. The van der Waals surface area contributed by atoms with E-state index in [1.165, 1.54) is 12.1 Å². The second-order valence-corrected chi connectivity index (χ2v) is 5.07. The highest BCUT2D eigenvalue weighted by Gasteiger charge is 2.38. The van der Waals surface area contributed by atoms with E-state index in [2.05, 4.69) is 0 Å². The van der Waals surface area contributed by atoms with E-state index in [9.17, 15) is 26.4 Å². The average molecular weight is 282 g/mol. The van der Waals surface area contributed by atoms with E-state index >= 15 is 0 Å². The lowest BCUT2D eigenvalue weighted by Crippen LogP contribution is -2.29. The number of amides is 1. The molecule has 5 nitrogen and oxygen atoms in total. The molecule has 0 heterocycles. The fourth-order valence-electron chi connectivity index (χ4n) is 1.12. The Balaban J connectivity index is 2.75. The maximum Gasteiger partial charge on any atom is 0.471 e. The van der Waals surface area contributed by atoms with Crippen LogP contribution in [0.1, 0.15) is 5.56 Å². The van der Waals surface area contributed by atoms with Crippen LogP contribution in [0.5, 0.6) is 0 Å². The van der Waals surface area contributed by atoms with Gasteiger partial charge >= 0.3 is 12.1 Å². The molecule has 0 saturated carbocycles. The minimum absolute atomic E-state index is 0.0875. The van der Waals surface area contributed by atoms with Crippen LogP contribution >= 0.6 is 0 Å². The van der Waals surface area contributed by atoms with Crippen LogP contribution in [0, 0.1) is 0 Å². The molecule has 0 aliphatic carbocycles. The van der Waals surface area contributed by atoms with Crippen molar-refractivity contribution in [1.29, 1.82) is 0 Å². The quantitative estimate of drug-likeness (QED) is 0.865. The molecule has 3 N–H and O–H groups in total. The zero-order valence-electron chi connectivity index (χ0n) is 8.86. The Morgan fingerprint density at radius 2 is 1.72 bits per heavy atom. The molecule has 0 atom stereocenters. The average Bonchev–Trinajstić information content (AvgIpc) is 2.17. The van der Waals surface area contributed by atoms with E-state index in [-0.39, 0.29) is 5.69 Å². The third-order valence-corrected chi connectivity index (χ3v) is 2.57. The van der Waals surface area contributed by atoms with Gasteiger partial charge in [-0.25, -0.2) is 13.6 Å². The highest BCUT2D eigenvalue weighted by atomic mass is 32.2. The Morgan fingerprint density at radius 1 is 1.22 bits per heavy atom. The molecule has 9 heteroatoms. The molecule has 1 aromatic rings. The van der Waals surface area contributed by atoms with Gasteiger partial charge in [0.2, 0.25) is 10.0 Å². The monoisotopic (exact) mass is 282 g/mol. The largest absolute Gasteiger partial charge is 0.471 e. The zero-order valence-corrected chi connectivity index (χ0v) is 9.68.